The molecule has 0 aliphatic carbocycles. The van der Waals surface area contributed by atoms with E-state index in [0.717, 1.165) is 6.42 Å². The number of amides is 1. The Kier molecular flexibility index (Phi) is 4.99. The van der Waals surface area contributed by atoms with E-state index >= 15 is 0 Å². The van der Waals surface area contributed by atoms with Crippen molar-refractivity contribution in [3.8, 4) is 0 Å². The molecule has 7 nitrogen and oxygen atoms in total. The lowest BCUT2D eigenvalue weighted by atomic mass is 10.2. The molecule has 8 heteroatoms. The number of nitrogens with zero attached hydrogens (tertiary/aromatic N) is 2. The summed E-state index contributed by atoms with van der Waals surface area (Å²) in [4.78, 5) is 24.0. The maximum Gasteiger partial charge on any atom is 0.410 e. The number of anilines is 1. The lowest BCUT2D eigenvalue weighted by molar-refractivity contribution is -0.384. The van der Waals surface area contributed by atoms with Crippen molar-refractivity contribution in [1.29, 1.82) is 0 Å². The van der Waals surface area contributed by atoms with Crippen LogP contribution in [0.25, 0.3) is 0 Å². The van der Waals surface area contributed by atoms with Gasteiger partial charge in [-0.2, -0.15) is 0 Å². The molecule has 1 aromatic rings. The van der Waals surface area contributed by atoms with Crippen LogP contribution in [0.4, 0.5) is 16.2 Å². The van der Waals surface area contributed by atoms with E-state index in [-0.39, 0.29) is 17.8 Å². The molecular formula is C15H20ClN3O4. The molecular weight excluding hydrogens is 322 g/mol. The van der Waals surface area contributed by atoms with Gasteiger partial charge in [-0.1, -0.05) is 11.6 Å². The standard InChI is InChI=1S/C15H20ClN3O4/c1-15(2,3)23-14(20)18-7-6-10(9-18)17-13-8-11(19(21)22)4-5-12(13)16/h4-5,8,10,17H,6-7,9H2,1-3H3. The lowest BCUT2D eigenvalue weighted by Crippen LogP contribution is -2.36. The summed E-state index contributed by atoms with van der Waals surface area (Å²) in [5.74, 6) is 0. The Hall–Kier alpha value is -2.02. The van der Waals surface area contributed by atoms with E-state index in [9.17, 15) is 14.9 Å². The van der Waals surface area contributed by atoms with Crippen LogP contribution in [0.15, 0.2) is 18.2 Å². The molecule has 1 fully saturated rings. The third-order valence-corrected chi connectivity index (χ3v) is 3.69. The first-order valence-electron chi connectivity index (χ1n) is 7.34. The Bertz CT molecular complexity index is 615. The number of nitro benzene ring substituents is 1. The molecule has 0 saturated carbocycles. The van der Waals surface area contributed by atoms with Gasteiger partial charge in [0.15, 0.2) is 0 Å². The molecule has 0 aromatic heterocycles. The van der Waals surface area contributed by atoms with Crippen molar-refractivity contribution >= 4 is 29.1 Å². The van der Waals surface area contributed by atoms with Crippen LogP contribution in [0.5, 0.6) is 0 Å². The summed E-state index contributed by atoms with van der Waals surface area (Å²) in [5, 5.41) is 14.4. The van der Waals surface area contributed by atoms with Gasteiger partial charge in [-0.15, -0.1) is 0 Å². The van der Waals surface area contributed by atoms with E-state index in [1.807, 2.05) is 20.8 Å². The fourth-order valence-corrected chi connectivity index (χ4v) is 2.50. The molecule has 1 saturated heterocycles. The normalized spacial score (nSPS) is 17.9. The van der Waals surface area contributed by atoms with Gasteiger partial charge in [0.05, 0.1) is 15.6 Å². The van der Waals surface area contributed by atoms with Crippen molar-refractivity contribution in [1.82, 2.24) is 4.90 Å². The predicted molar refractivity (Wildman–Crippen MR) is 87.9 cm³/mol. The third-order valence-electron chi connectivity index (χ3n) is 3.36. The summed E-state index contributed by atoms with van der Waals surface area (Å²) in [6.45, 7) is 6.49. The van der Waals surface area contributed by atoms with E-state index < -0.39 is 10.5 Å². The number of ether oxygens (including phenoxy) is 1. The van der Waals surface area contributed by atoms with Gasteiger partial charge in [0.25, 0.3) is 5.69 Å². The van der Waals surface area contributed by atoms with Crippen molar-refractivity contribution in [2.24, 2.45) is 0 Å². The highest BCUT2D eigenvalue weighted by Gasteiger charge is 2.30. The number of likely N-dealkylation sites (tertiary alicyclic amines) is 1. The fraction of sp³-hybridized carbons (Fsp3) is 0.533. The van der Waals surface area contributed by atoms with Gasteiger partial charge < -0.3 is 15.0 Å². The molecule has 23 heavy (non-hydrogen) atoms. The Morgan fingerprint density at radius 3 is 2.78 bits per heavy atom. The summed E-state index contributed by atoms with van der Waals surface area (Å²) in [5.41, 5.74) is -0.0674. The Labute approximate surface area is 139 Å². The van der Waals surface area contributed by atoms with Gasteiger partial charge in [0.2, 0.25) is 0 Å². The smallest absolute Gasteiger partial charge is 0.410 e. The van der Waals surface area contributed by atoms with Crippen LogP contribution in [-0.4, -0.2) is 40.6 Å². The molecule has 1 amide bonds. The first-order valence-corrected chi connectivity index (χ1v) is 7.72. The molecule has 0 radical (unpaired) electrons. The highest BCUT2D eigenvalue weighted by atomic mass is 35.5. The molecule has 0 spiro atoms. The Morgan fingerprint density at radius 1 is 1.48 bits per heavy atom. The van der Waals surface area contributed by atoms with Gasteiger partial charge in [-0.05, 0) is 33.3 Å². The summed E-state index contributed by atoms with van der Waals surface area (Å²) >= 11 is 6.08. The molecule has 1 heterocycles. The second kappa shape index (κ2) is 6.62. The zero-order chi connectivity index (χ0) is 17.2. The van der Waals surface area contributed by atoms with Crippen LogP contribution in [0.3, 0.4) is 0 Å². The van der Waals surface area contributed by atoms with Crippen LogP contribution in [0.2, 0.25) is 5.02 Å². The van der Waals surface area contributed by atoms with Crippen LogP contribution in [0.1, 0.15) is 27.2 Å². The van der Waals surface area contributed by atoms with Gasteiger partial charge >= 0.3 is 6.09 Å². The number of nitrogens with one attached hydrogen (secondary N) is 1. The van der Waals surface area contributed by atoms with E-state index in [2.05, 4.69) is 5.32 Å². The zero-order valence-corrected chi connectivity index (χ0v) is 14.1. The average molecular weight is 342 g/mol. The maximum atomic E-state index is 12.0. The minimum Gasteiger partial charge on any atom is -0.444 e. The van der Waals surface area contributed by atoms with E-state index in [4.69, 9.17) is 16.3 Å². The largest absolute Gasteiger partial charge is 0.444 e. The number of rotatable bonds is 3. The number of carbonyl (C=O) groups is 1. The van der Waals surface area contributed by atoms with Crippen molar-refractivity contribution in [2.75, 3.05) is 18.4 Å². The highest BCUT2D eigenvalue weighted by Crippen LogP contribution is 2.28. The summed E-state index contributed by atoms with van der Waals surface area (Å²) in [6.07, 6.45) is 0.366. The van der Waals surface area contributed by atoms with Crippen LogP contribution in [-0.2, 0) is 4.74 Å². The Morgan fingerprint density at radius 2 is 2.17 bits per heavy atom. The maximum absolute atomic E-state index is 12.0. The predicted octanol–water partition coefficient (Wildman–Crippen LogP) is 3.67. The van der Waals surface area contributed by atoms with Gasteiger partial charge in [-0.3, -0.25) is 10.1 Å². The molecule has 1 aromatic carbocycles. The third kappa shape index (κ3) is 4.72. The van der Waals surface area contributed by atoms with Crippen molar-refractivity contribution in [2.45, 2.75) is 38.8 Å². The number of nitro groups is 1. The van der Waals surface area contributed by atoms with Crippen molar-refractivity contribution in [3.05, 3.63) is 33.3 Å². The van der Waals surface area contributed by atoms with Crippen LogP contribution in [0, 0.1) is 10.1 Å². The molecule has 1 atom stereocenters. The van der Waals surface area contributed by atoms with E-state index in [1.54, 1.807) is 4.90 Å². The van der Waals surface area contributed by atoms with Crippen LogP contribution >= 0.6 is 11.6 Å². The highest BCUT2D eigenvalue weighted by molar-refractivity contribution is 6.33. The number of non-ortho nitro benzene ring substituents is 1. The minimum absolute atomic E-state index is 0.0259. The first-order chi connectivity index (χ1) is 10.7. The molecule has 126 valence electrons. The SMILES string of the molecule is CC(C)(C)OC(=O)N1CCC(Nc2cc([N+](=O)[O-])ccc2Cl)C1. The monoisotopic (exact) mass is 341 g/mol. The molecule has 1 aliphatic rings. The average Bonchev–Trinajstić information content (AvgIpc) is 2.88. The summed E-state index contributed by atoms with van der Waals surface area (Å²) in [7, 11) is 0. The lowest BCUT2D eigenvalue weighted by Gasteiger charge is -2.24. The van der Waals surface area contributed by atoms with Crippen molar-refractivity contribution < 1.29 is 14.5 Å². The minimum atomic E-state index is -0.536. The summed E-state index contributed by atoms with van der Waals surface area (Å²) < 4.78 is 5.34. The number of hydrogen-bond acceptors (Lipinski definition) is 5. The van der Waals surface area contributed by atoms with Gasteiger partial charge in [0.1, 0.15) is 5.60 Å². The number of carbonyl (C=O) groups excluding carboxylic acids is 1. The number of benzene rings is 1. The van der Waals surface area contributed by atoms with E-state index in [0.29, 0.717) is 23.8 Å². The van der Waals surface area contributed by atoms with Gasteiger partial charge in [0, 0.05) is 31.3 Å². The van der Waals surface area contributed by atoms with Crippen molar-refractivity contribution in [3.63, 3.8) is 0 Å². The van der Waals surface area contributed by atoms with Gasteiger partial charge in [-0.25, -0.2) is 4.79 Å². The van der Waals surface area contributed by atoms with E-state index in [1.165, 1.54) is 18.2 Å². The quantitative estimate of drug-likeness (QED) is 0.669. The topological polar surface area (TPSA) is 84.7 Å². The molecule has 1 unspecified atom stereocenters. The molecule has 1 N–H and O–H groups in total. The van der Waals surface area contributed by atoms with Crippen LogP contribution < -0.4 is 5.32 Å². The first kappa shape index (κ1) is 17.3. The Balaban J connectivity index is 1.99. The second-order valence-electron chi connectivity index (χ2n) is 6.48. The number of halogens is 1. The molecule has 0 bridgehead atoms. The second-order valence-corrected chi connectivity index (χ2v) is 6.88. The molecule has 2 rings (SSSR count). The summed E-state index contributed by atoms with van der Waals surface area (Å²) in [6, 6.07) is 4.22. The zero-order valence-electron chi connectivity index (χ0n) is 13.3. The number of hydrogen-bond donors (Lipinski definition) is 1. The molecule has 1 aliphatic heterocycles. The fourth-order valence-electron chi connectivity index (χ4n) is 2.33.